The fourth-order valence-corrected chi connectivity index (χ4v) is 2.49. The third-order valence-corrected chi connectivity index (χ3v) is 3.97. The Morgan fingerprint density at radius 1 is 1.59 bits per heavy atom. The Morgan fingerprint density at radius 3 is 3.00 bits per heavy atom. The van der Waals surface area contributed by atoms with Crippen LogP contribution in [0.1, 0.15) is 31.4 Å². The van der Waals surface area contributed by atoms with Crippen molar-refractivity contribution in [3.05, 3.63) is 34.6 Å². The Morgan fingerprint density at radius 2 is 2.36 bits per heavy atom. The van der Waals surface area contributed by atoms with E-state index >= 15 is 0 Å². The van der Waals surface area contributed by atoms with E-state index in [1.165, 1.54) is 12.1 Å². The molecule has 1 aromatic carbocycles. The Labute approximate surface area is 133 Å². The van der Waals surface area contributed by atoms with Crippen LogP contribution in [0.5, 0.6) is 0 Å². The van der Waals surface area contributed by atoms with E-state index in [1.54, 1.807) is 0 Å². The highest BCUT2D eigenvalue weighted by molar-refractivity contribution is 6.30. The number of aliphatic hydroxyl groups excluding tert-OH is 1. The van der Waals surface area contributed by atoms with Crippen LogP contribution in [0.4, 0.5) is 9.18 Å². The third kappa shape index (κ3) is 4.56. The molecule has 3 atom stereocenters. The maximum Gasteiger partial charge on any atom is 0.315 e. The molecule has 0 unspecified atom stereocenters. The van der Waals surface area contributed by atoms with Crippen LogP contribution in [0.15, 0.2) is 18.2 Å². The van der Waals surface area contributed by atoms with E-state index in [2.05, 4.69) is 10.6 Å². The van der Waals surface area contributed by atoms with E-state index in [4.69, 9.17) is 16.3 Å². The number of rotatable bonds is 5. The quantitative estimate of drug-likeness (QED) is 0.776. The molecule has 1 saturated heterocycles. The normalized spacial score (nSPS) is 20.5. The fraction of sp³-hybridized carbons (Fsp3) is 0.533. The molecule has 0 bridgehead atoms. The van der Waals surface area contributed by atoms with Gasteiger partial charge in [-0.15, -0.1) is 0 Å². The highest BCUT2D eigenvalue weighted by Gasteiger charge is 2.23. The monoisotopic (exact) mass is 330 g/mol. The summed E-state index contributed by atoms with van der Waals surface area (Å²) in [7, 11) is 0. The van der Waals surface area contributed by atoms with Gasteiger partial charge in [-0.2, -0.15) is 0 Å². The molecule has 0 saturated carbocycles. The molecule has 5 nitrogen and oxygen atoms in total. The molecule has 122 valence electrons. The molecule has 2 rings (SSSR count). The van der Waals surface area contributed by atoms with Gasteiger partial charge in [-0.1, -0.05) is 17.7 Å². The van der Waals surface area contributed by atoms with Crippen molar-refractivity contribution >= 4 is 17.6 Å². The van der Waals surface area contributed by atoms with Gasteiger partial charge in [-0.25, -0.2) is 9.18 Å². The number of amides is 2. The van der Waals surface area contributed by atoms with E-state index in [0.717, 1.165) is 25.5 Å². The van der Waals surface area contributed by atoms with E-state index in [1.807, 2.05) is 6.92 Å². The number of carbonyl (C=O) groups excluding carboxylic acids is 1. The van der Waals surface area contributed by atoms with Gasteiger partial charge in [0.2, 0.25) is 0 Å². The molecule has 0 spiro atoms. The zero-order chi connectivity index (χ0) is 16.1. The summed E-state index contributed by atoms with van der Waals surface area (Å²) >= 11 is 5.58. The summed E-state index contributed by atoms with van der Waals surface area (Å²) in [6, 6.07) is 3.55. The van der Waals surface area contributed by atoms with Crippen molar-refractivity contribution < 1.29 is 19.0 Å². The predicted molar refractivity (Wildman–Crippen MR) is 81.3 cm³/mol. The second-order valence-corrected chi connectivity index (χ2v) is 5.79. The molecule has 22 heavy (non-hydrogen) atoms. The van der Waals surface area contributed by atoms with Crippen LogP contribution < -0.4 is 10.6 Å². The van der Waals surface area contributed by atoms with E-state index in [9.17, 15) is 14.3 Å². The first kappa shape index (κ1) is 17.0. The lowest BCUT2D eigenvalue weighted by Crippen LogP contribution is -2.46. The maximum absolute atomic E-state index is 13.3. The second-order valence-electron chi connectivity index (χ2n) is 5.38. The molecule has 1 heterocycles. The molecule has 1 aliphatic rings. The minimum Gasteiger partial charge on any atom is -0.387 e. The second kappa shape index (κ2) is 7.76. The number of urea groups is 1. The van der Waals surface area contributed by atoms with Gasteiger partial charge in [0.25, 0.3) is 0 Å². The zero-order valence-electron chi connectivity index (χ0n) is 12.3. The third-order valence-electron chi connectivity index (χ3n) is 3.67. The molecule has 3 N–H and O–H groups in total. The first-order valence-corrected chi connectivity index (χ1v) is 7.64. The maximum atomic E-state index is 13.3. The van der Waals surface area contributed by atoms with Gasteiger partial charge >= 0.3 is 6.03 Å². The van der Waals surface area contributed by atoms with Gasteiger partial charge < -0.3 is 20.5 Å². The molecule has 0 aliphatic carbocycles. The van der Waals surface area contributed by atoms with Gasteiger partial charge in [0.15, 0.2) is 0 Å². The standard InChI is InChI=1S/C15H20ClFN2O3/c1-9(14-3-2-6-22-14)19-15(21)18-8-13(20)10-4-5-11(16)12(17)7-10/h4-5,7,9,13-14,20H,2-3,6,8H2,1H3,(H2,18,19,21)/t9-,13+,14+/m0/s1. The number of hydrogen-bond donors (Lipinski definition) is 3. The molecule has 1 aromatic rings. The average molecular weight is 331 g/mol. The number of ether oxygens (including phenoxy) is 1. The van der Waals surface area contributed by atoms with Crippen LogP contribution in [-0.2, 0) is 4.74 Å². The number of benzene rings is 1. The van der Waals surface area contributed by atoms with E-state index in [0.29, 0.717) is 5.56 Å². The number of halogens is 2. The van der Waals surface area contributed by atoms with Crippen molar-refractivity contribution in [1.29, 1.82) is 0 Å². The molecule has 1 aliphatic heterocycles. The molecule has 7 heteroatoms. The van der Waals surface area contributed by atoms with Crippen LogP contribution in [-0.4, -0.2) is 36.4 Å². The summed E-state index contributed by atoms with van der Waals surface area (Å²) in [4.78, 5) is 11.8. The molecule has 0 aromatic heterocycles. The van der Waals surface area contributed by atoms with Crippen molar-refractivity contribution in [3.8, 4) is 0 Å². The zero-order valence-corrected chi connectivity index (χ0v) is 13.1. The topological polar surface area (TPSA) is 70.6 Å². The molecule has 2 amide bonds. The molecule has 0 radical (unpaired) electrons. The van der Waals surface area contributed by atoms with Crippen molar-refractivity contribution in [2.24, 2.45) is 0 Å². The van der Waals surface area contributed by atoms with Crippen LogP contribution in [0.2, 0.25) is 5.02 Å². The van der Waals surface area contributed by atoms with Crippen LogP contribution in [0.25, 0.3) is 0 Å². The Kier molecular flexibility index (Phi) is 5.99. The van der Waals surface area contributed by atoms with Gasteiger partial charge in [0.1, 0.15) is 5.82 Å². The Hall–Kier alpha value is -1.37. The minimum absolute atomic E-state index is 0.00737. The van der Waals surface area contributed by atoms with Crippen molar-refractivity contribution in [3.63, 3.8) is 0 Å². The lowest BCUT2D eigenvalue weighted by Gasteiger charge is -2.21. The van der Waals surface area contributed by atoms with E-state index in [-0.39, 0.29) is 23.7 Å². The van der Waals surface area contributed by atoms with Crippen LogP contribution in [0, 0.1) is 5.82 Å². The van der Waals surface area contributed by atoms with Gasteiger partial charge in [0, 0.05) is 13.2 Å². The number of carbonyl (C=O) groups is 1. The van der Waals surface area contributed by atoms with Crippen molar-refractivity contribution in [1.82, 2.24) is 10.6 Å². The van der Waals surface area contributed by atoms with Crippen LogP contribution >= 0.6 is 11.6 Å². The molecule has 1 fully saturated rings. The van der Waals surface area contributed by atoms with Gasteiger partial charge in [-0.3, -0.25) is 0 Å². The molecular weight excluding hydrogens is 311 g/mol. The first-order chi connectivity index (χ1) is 10.5. The first-order valence-electron chi connectivity index (χ1n) is 7.26. The smallest absolute Gasteiger partial charge is 0.315 e. The number of hydrogen-bond acceptors (Lipinski definition) is 3. The summed E-state index contributed by atoms with van der Waals surface area (Å²) in [5, 5.41) is 15.3. The summed E-state index contributed by atoms with van der Waals surface area (Å²) in [6.45, 7) is 2.57. The highest BCUT2D eigenvalue weighted by atomic mass is 35.5. The Bertz CT molecular complexity index is 524. The Balaban J connectivity index is 1.78. The molecular formula is C15H20ClFN2O3. The fourth-order valence-electron chi connectivity index (χ4n) is 2.37. The lowest BCUT2D eigenvalue weighted by molar-refractivity contribution is 0.0856. The van der Waals surface area contributed by atoms with Crippen LogP contribution in [0.3, 0.4) is 0 Å². The largest absolute Gasteiger partial charge is 0.387 e. The number of aliphatic hydroxyl groups is 1. The predicted octanol–water partition coefficient (Wildman–Crippen LogP) is 2.38. The summed E-state index contributed by atoms with van der Waals surface area (Å²) in [6.07, 6.45) is 0.949. The van der Waals surface area contributed by atoms with E-state index < -0.39 is 18.0 Å². The number of nitrogens with one attached hydrogen (secondary N) is 2. The summed E-state index contributed by atoms with van der Waals surface area (Å²) < 4.78 is 18.8. The summed E-state index contributed by atoms with van der Waals surface area (Å²) in [5.41, 5.74) is 0.356. The minimum atomic E-state index is -1.00. The summed E-state index contributed by atoms with van der Waals surface area (Å²) in [5.74, 6) is -0.602. The van der Waals surface area contributed by atoms with Crippen molar-refractivity contribution in [2.45, 2.75) is 38.0 Å². The van der Waals surface area contributed by atoms with Crippen molar-refractivity contribution in [2.75, 3.05) is 13.2 Å². The lowest BCUT2D eigenvalue weighted by atomic mass is 10.1. The highest BCUT2D eigenvalue weighted by Crippen LogP contribution is 2.20. The van der Waals surface area contributed by atoms with Gasteiger partial charge in [0.05, 0.1) is 23.3 Å². The SMILES string of the molecule is C[C@H](NC(=O)NC[C@@H](O)c1ccc(Cl)c(F)c1)[C@H]1CCCO1. The van der Waals surface area contributed by atoms with Gasteiger partial charge in [-0.05, 0) is 37.5 Å². The average Bonchev–Trinajstić information content (AvgIpc) is 3.02.